The molecule has 0 aromatic heterocycles. The lowest BCUT2D eigenvalue weighted by molar-refractivity contribution is 0.0828. The number of nitrogens with two attached hydrogens (primary N) is 1. The zero-order valence-corrected chi connectivity index (χ0v) is 12.5. The number of nitrogens with zero attached hydrogens (tertiary/aromatic N) is 1. The average Bonchev–Trinajstić information content (AvgIpc) is 2.45. The molecule has 5 heteroatoms. The van der Waals surface area contributed by atoms with Crippen molar-refractivity contribution in [3.05, 3.63) is 35.1 Å². The molecule has 0 radical (unpaired) electrons. The second-order valence-electron chi connectivity index (χ2n) is 5.13. The maximum absolute atomic E-state index is 13.9. The molecule has 0 saturated heterocycles. The predicted octanol–water partition coefficient (Wildman–Crippen LogP) is 3.61. The van der Waals surface area contributed by atoms with E-state index in [1.165, 1.54) is 6.07 Å². The van der Waals surface area contributed by atoms with E-state index in [9.17, 15) is 13.2 Å². The minimum absolute atomic E-state index is 0.0140. The first-order valence-corrected chi connectivity index (χ1v) is 6.97. The molecule has 0 saturated carbocycles. The van der Waals surface area contributed by atoms with E-state index in [-0.39, 0.29) is 5.56 Å². The number of hydrogen-bond acceptors (Lipinski definition) is 2. The van der Waals surface area contributed by atoms with Gasteiger partial charge in [0, 0.05) is 11.1 Å². The maximum Gasteiger partial charge on any atom is 0.194 e. The van der Waals surface area contributed by atoms with Gasteiger partial charge in [0.15, 0.2) is 17.5 Å². The molecule has 0 aliphatic heterocycles. The Balaban J connectivity index is 3.27. The van der Waals surface area contributed by atoms with Crippen molar-refractivity contribution in [1.29, 1.82) is 0 Å². The van der Waals surface area contributed by atoms with Crippen LogP contribution in [0.4, 0.5) is 13.2 Å². The molecule has 1 aromatic rings. The number of hydrogen-bond donors (Lipinski definition) is 1. The van der Waals surface area contributed by atoms with E-state index >= 15 is 0 Å². The summed E-state index contributed by atoms with van der Waals surface area (Å²) in [5, 5.41) is 0. The summed E-state index contributed by atoms with van der Waals surface area (Å²) in [6, 6.07) is 1.42. The highest BCUT2D eigenvalue weighted by Crippen LogP contribution is 2.34. The molecule has 114 valence electrons. The van der Waals surface area contributed by atoms with Gasteiger partial charge in [-0.3, -0.25) is 4.90 Å². The average molecular weight is 288 g/mol. The van der Waals surface area contributed by atoms with Crippen LogP contribution >= 0.6 is 0 Å². The summed E-state index contributed by atoms with van der Waals surface area (Å²) in [6.45, 7) is 9.36. The summed E-state index contributed by atoms with van der Waals surface area (Å²) in [7, 11) is 0. The summed E-state index contributed by atoms with van der Waals surface area (Å²) in [6.07, 6.45) is 0.675. The second-order valence-corrected chi connectivity index (χ2v) is 5.13. The van der Waals surface area contributed by atoms with E-state index in [2.05, 4.69) is 4.90 Å². The summed E-state index contributed by atoms with van der Waals surface area (Å²) >= 11 is 0. The zero-order valence-electron chi connectivity index (χ0n) is 12.5. The Hall–Kier alpha value is -1.07. The maximum atomic E-state index is 13.9. The number of halogens is 3. The largest absolute Gasteiger partial charge is 0.322 e. The van der Waals surface area contributed by atoms with Crippen molar-refractivity contribution in [2.75, 3.05) is 13.1 Å². The van der Waals surface area contributed by atoms with Gasteiger partial charge in [-0.2, -0.15) is 0 Å². The summed E-state index contributed by atoms with van der Waals surface area (Å²) < 4.78 is 40.4. The van der Waals surface area contributed by atoms with Crippen molar-refractivity contribution in [3.63, 3.8) is 0 Å². The zero-order chi connectivity index (χ0) is 15.5. The van der Waals surface area contributed by atoms with Crippen LogP contribution in [0.25, 0.3) is 0 Å². The molecule has 2 atom stereocenters. The van der Waals surface area contributed by atoms with Crippen LogP contribution in [0, 0.1) is 17.5 Å². The lowest BCUT2D eigenvalue weighted by Crippen LogP contribution is -2.53. The Labute approximate surface area is 118 Å². The van der Waals surface area contributed by atoms with Gasteiger partial charge < -0.3 is 5.73 Å². The van der Waals surface area contributed by atoms with Crippen LogP contribution in [0.1, 0.15) is 45.7 Å². The first kappa shape index (κ1) is 17.0. The van der Waals surface area contributed by atoms with Gasteiger partial charge in [-0.15, -0.1) is 0 Å². The molecule has 0 spiro atoms. The van der Waals surface area contributed by atoms with Gasteiger partial charge in [-0.25, -0.2) is 13.2 Å². The second kappa shape index (κ2) is 6.59. The number of rotatable bonds is 6. The Morgan fingerprint density at radius 2 is 1.65 bits per heavy atom. The van der Waals surface area contributed by atoms with E-state index in [0.29, 0.717) is 6.42 Å². The Bertz CT molecular complexity index is 461. The van der Waals surface area contributed by atoms with Crippen molar-refractivity contribution in [2.45, 2.75) is 45.7 Å². The summed E-state index contributed by atoms with van der Waals surface area (Å²) in [4.78, 5) is 2.11. The molecule has 0 aliphatic rings. The van der Waals surface area contributed by atoms with Crippen LogP contribution in [-0.4, -0.2) is 23.5 Å². The van der Waals surface area contributed by atoms with Gasteiger partial charge in [-0.1, -0.05) is 26.8 Å². The Morgan fingerprint density at radius 3 is 2.10 bits per heavy atom. The fourth-order valence-electron chi connectivity index (χ4n) is 2.70. The van der Waals surface area contributed by atoms with E-state index in [1.807, 2.05) is 27.7 Å². The van der Waals surface area contributed by atoms with Crippen molar-refractivity contribution < 1.29 is 13.2 Å². The highest BCUT2D eigenvalue weighted by molar-refractivity contribution is 5.26. The van der Waals surface area contributed by atoms with Crippen LogP contribution in [0.15, 0.2) is 12.1 Å². The highest BCUT2D eigenvalue weighted by Gasteiger charge is 2.37. The molecule has 0 fully saturated rings. The van der Waals surface area contributed by atoms with E-state index in [4.69, 9.17) is 5.73 Å². The molecule has 0 aliphatic carbocycles. The normalized spacial score (nSPS) is 16.2. The van der Waals surface area contributed by atoms with Crippen molar-refractivity contribution in [2.24, 2.45) is 5.73 Å². The molecule has 2 nitrogen and oxygen atoms in total. The van der Waals surface area contributed by atoms with Crippen molar-refractivity contribution in [1.82, 2.24) is 4.90 Å². The van der Waals surface area contributed by atoms with Crippen molar-refractivity contribution >= 4 is 0 Å². The molecule has 2 unspecified atom stereocenters. The molecule has 1 aromatic carbocycles. The molecular formula is C15H23F3N2. The third kappa shape index (κ3) is 2.83. The first-order chi connectivity index (χ1) is 9.33. The van der Waals surface area contributed by atoms with Gasteiger partial charge >= 0.3 is 0 Å². The Kier molecular flexibility index (Phi) is 5.59. The van der Waals surface area contributed by atoms with E-state index in [1.54, 1.807) is 0 Å². The molecule has 0 amide bonds. The molecule has 20 heavy (non-hydrogen) atoms. The SMILES string of the molecule is CCN(CC)C(C)(CC)C(N)c1ccc(F)c(F)c1F. The molecule has 0 bridgehead atoms. The van der Waals surface area contributed by atoms with E-state index in [0.717, 1.165) is 19.2 Å². The highest BCUT2D eigenvalue weighted by atomic mass is 19.2. The summed E-state index contributed by atoms with van der Waals surface area (Å²) in [5.74, 6) is -3.85. The smallest absolute Gasteiger partial charge is 0.194 e. The predicted molar refractivity (Wildman–Crippen MR) is 74.9 cm³/mol. The van der Waals surface area contributed by atoms with Crippen LogP contribution in [0.2, 0.25) is 0 Å². The minimum Gasteiger partial charge on any atom is -0.322 e. The van der Waals surface area contributed by atoms with Crippen LogP contribution in [-0.2, 0) is 0 Å². The quantitative estimate of drug-likeness (QED) is 0.810. The molecule has 2 N–H and O–H groups in total. The monoisotopic (exact) mass is 288 g/mol. The molecular weight excluding hydrogens is 265 g/mol. The van der Waals surface area contributed by atoms with Crippen LogP contribution in [0.5, 0.6) is 0 Å². The van der Waals surface area contributed by atoms with Crippen molar-refractivity contribution in [3.8, 4) is 0 Å². The lowest BCUT2D eigenvalue weighted by Gasteiger charge is -2.44. The van der Waals surface area contributed by atoms with Gasteiger partial charge in [-0.05, 0) is 32.5 Å². The Morgan fingerprint density at radius 1 is 1.10 bits per heavy atom. The van der Waals surface area contributed by atoms with E-state index < -0.39 is 29.0 Å². The molecule has 1 rings (SSSR count). The minimum atomic E-state index is -1.46. The number of benzene rings is 1. The summed E-state index contributed by atoms with van der Waals surface area (Å²) in [5.41, 5.74) is 5.68. The van der Waals surface area contributed by atoms with Gasteiger partial charge in [0.1, 0.15) is 0 Å². The molecule has 0 heterocycles. The third-order valence-corrected chi connectivity index (χ3v) is 4.27. The van der Waals surface area contributed by atoms with Gasteiger partial charge in [0.2, 0.25) is 0 Å². The first-order valence-electron chi connectivity index (χ1n) is 6.97. The van der Waals surface area contributed by atoms with Crippen LogP contribution in [0.3, 0.4) is 0 Å². The number of likely N-dealkylation sites (N-methyl/N-ethyl adjacent to an activating group) is 1. The fourth-order valence-corrected chi connectivity index (χ4v) is 2.70. The van der Waals surface area contributed by atoms with Gasteiger partial charge in [0.25, 0.3) is 0 Å². The lowest BCUT2D eigenvalue weighted by atomic mass is 9.83. The standard InChI is InChI=1S/C15H23F3N2/c1-5-15(4,20(6-2)7-3)14(19)10-8-9-11(16)13(18)12(10)17/h8-9,14H,5-7,19H2,1-4H3. The topological polar surface area (TPSA) is 29.3 Å². The fraction of sp³-hybridized carbons (Fsp3) is 0.600. The van der Waals surface area contributed by atoms with Crippen LogP contribution < -0.4 is 5.73 Å². The van der Waals surface area contributed by atoms with Gasteiger partial charge in [0.05, 0.1) is 6.04 Å². The third-order valence-electron chi connectivity index (χ3n) is 4.27.